The fraction of sp³-hybridized carbons (Fsp3) is 0.500. The first-order chi connectivity index (χ1) is 9.92. The second-order valence-corrected chi connectivity index (χ2v) is 4.25. The smallest absolute Gasteiger partial charge is 0.329 e. The zero-order valence-electron chi connectivity index (χ0n) is 11.9. The summed E-state index contributed by atoms with van der Waals surface area (Å²) in [7, 11) is 1.78. The summed E-state index contributed by atoms with van der Waals surface area (Å²) in [6.07, 6.45) is 2.53. The summed E-state index contributed by atoms with van der Waals surface area (Å²) in [4.78, 5) is 32.9. The van der Waals surface area contributed by atoms with Crippen LogP contribution in [0.4, 0.5) is 4.79 Å². The summed E-state index contributed by atoms with van der Waals surface area (Å²) in [6.45, 7) is 1.11. The number of aryl methyl sites for hydroxylation is 2. The molecule has 1 rings (SSSR count). The van der Waals surface area contributed by atoms with Crippen LogP contribution in [0, 0.1) is 0 Å². The third kappa shape index (κ3) is 6.04. The number of amides is 3. The van der Waals surface area contributed by atoms with E-state index in [1.54, 1.807) is 17.9 Å². The van der Waals surface area contributed by atoms with Crippen molar-refractivity contribution in [2.45, 2.75) is 19.9 Å². The molecule has 0 aromatic carbocycles. The van der Waals surface area contributed by atoms with Gasteiger partial charge in [-0.15, -0.1) is 0 Å². The van der Waals surface area contributed by atoms with Gasteiger partial charge in [0.2, 0.25) is 0 Å². The molecule has 0 spiro atoms. The summed E-state index contributed by atoms with van der Waals surface area (Å²) < 4.78 is 6.21. The number of carboxylic acids is 1. The summed E-state index contributed by atoms with van der Waals surface area (Å²) in [5.41, 5.74) is 1.73. The van der Waals surface area contributed by atoms with Crippen LogP contribution in [0.1, 0.15) is 18.2 Å². The molecule has 1 aromatic rings. The molecule has 0 aliphatic rings. The number of aromatic nitrogens is 2. The molecule has 0 aliphatic heterocycles. The molecule has 116 valence electrons. The van der Waals surface area contributed by atoms with E-state index in [1.807, 2.05) is 12.2 Å². The number of carboxylic acid groups (broad SMARTS) is 1. The average molecular weight is 298 g/mol. The molecule has 0 bridgehead atoms. The number of nitrogens with one attached hydrogen (secondary N) is 2. The Labute approximate surface area is 121 Å². The van der Waals surface area contributed by atoms with E-state index in [2.05, 4.69) is 15.2 Å². The molecule has 0 aliphatic carbocycles. The van der Waals surface area contributed by atoms with Gasteiger partial charge in [-0.25, -0.2) is 9.59 Å². The van der Waals surface area contributed by atoms with Crippen molar-refractivity contribution in [2.24, 2.45) is 7.05 Å². The van der Waals surface area contributed by atoms with Crippen LogP contribution in [0.3, 0.4) is 0 Å². The minimum atomic E-state index is -1.18. The Morgan fingerprint density at radius 2 is 2.10 bits per heavy atom. The van der Waals surface area contributed by atoms with Gasteiger partial charge >= 0.3 is 12.0 Å². The van der Waals surface area contributed by atoms with Crippen molar-refractivity contribution in [1.29, 1.82) is 0 Å². The molecule has 0 unspecified atom stereocenters. The van der Waals surface area contributed by atoms with Crippen molar-refractivity contribution in [3.8, 4) is 0 Å². The first-order valence-electron chi connectivity index (χ1n) is 6.31. The highest BCUT2D eigenvalue weighted by Crippen LogP contribution is 2.06. The van der Waals surface area contributed by atoms with Gasteiger partial charge in [0.1, 0.15) is 13.2 Å². The molecule has 3 amide bonds. The third-order valence-electron chi connectivity index (χ3n) is 2.48. The first-order valence-corrected chi connectivity index (χ1v) is 6.31. The largest absolute Gasteiger partial charge is 0.480 e. The lowest BCUT2D eigenvalue weighted by atomic mass is 10.2. The van der Waals surface area contributed by atoms with Crippen molar-refractivity contribution in [2.75, 3.05) is 13.2 Å². The van der Waals surface area contributed by atoms with Gasteiger partial charge in [0.25, 0.3) is 5.91 Å². The molecule has 9 nitrogen and oxygen atoms in total. The highest BCUT2D eigenvalue weighted by molar-refractivity contribution is 5.94. The van der Waals surface area contributed by atoms with E-state index in [-0.39, 0.29) is 6.54 Å². The standard InChI is InChI=1S/C12H18N4O5/c1-3-9-8(5-16(2)15-9)4-13-12(20)14-10(17)6-21-7-11(18)19/h5H,3-4,6-7H2,1-2H3,(H,18,19)(H2,13,14,17,20). The van der Waals surface area contributed by atoms with Crippen LogP contribution >= 0.6 is 0 Å². The zero-order valence-corrected chi connectivity index (χ0v) is 11.9. The number of carbonyl (C=O) groups excluding carboxylic acids is 2. The molecule has 0 fully saturated rings. The van der Waals surface area contributed by atoms with E-state index in [9.17, 15) is 14.4 Å². The quantitative estimate of drug-likeness (QED) is 0.618. The predicted octanol–water partition coefficient (Wildman–Crippen LogP) is -0.590. The molecule has 1 aromatic heterocycles. The van der Waals surface area contributed by atoms with Crippen molar-refractivity contribution in [3.05, 3.63) is 17.5 Å². The molecule has 1 heterocycles. The minimum Gasteiger partial charge on any atom is -0.480 e. The second-order valence-electron chi connectivity index (χ2n) is 4.25. The maximum Gasteiger partial charge on any atom is 0.329 e. The topological polar surface area (TPSA) is 123 Å². The summed E-state index contributed by atoms with van der Waals surface area (Å²) in [5, 5.41) is 17.1. The molecular formula is C12H18N4O5. The predicted molar refractivity (Wildman–Crippen MR) is 71.4 cm³/mol. The number of carbonyl (C=O) groups is 3. The molecule has 0 radical (unpaired) electrons. The van der Waals surface area contributed by atoms with E-state index >= 15 is 0 Å². The number of hydrogen-bond donors (Lipinski definition) is 3. The van der Waals surface area contributed by atoms with E-state index in [1.165, 1.54) is 0 Å². The fourth-order valence-electron chi connectivity index (χ4n) is 1.64. The number of imide groups is 1. The Morgan fingerprint density at radius 3 is 2.71 bits per heavy atom. The van der Waals surface area contributed by atoms with Crippen LogP contribution in [0.2, 0.25) is 0 Å². The Morgan fingerprint density at radius 1 is 1.38 bits per heavy atom. The first kappa shape index (κ1) is 16.6. The number of nitrogens with zero attached hydrogens (tertiary/aromatic N) is 2. The third-order valence-corrected chi connectivity index (χ3v) is 2.48. The van der Waals surface area contributed by atoms with Crippen LogP contribution in [-0.2, 0) is 34.3 Å². The molecule has 21 heavy (non-hydrogen) atoms. The highest BCUT2D eigenvalue weighted by Gasteiger charge is 2.10. The lowest BCUT2D eigenvalue weighted by Gasteiger charge is -2.06. The maximum absolute atomic E-state index is 11.5. The van der Waals surface area contributed by atoms with Gasteiger partial charge in [0.15, 0.2) is 0 Å². The van der Waals surface area contributed by atoms with Gasteiger partial charge in [-0.2, -0.15) is 5.10 Å². The van der Waals surface area contributed by atoms with Crippen LogP contribution < -0.4 is 10.6 Å². The van der Waals surface area contributed by atoms with Crippen LogP contribution in [-0.4, -0.2) is 46.0 Å². The number of hydrogen-bond acceptors (Lipinski definition) is 5. The molecule has 3 N–H and O–H groups in total. The Hall–Kier alpha value is -2.42. The SMILES string of the molecule is CCc1nn(C)cc1CNC(=O)NC(=O)COCC(=O)O. The Bertz CT molecular complexity index is 526. The zero-order chi connectivity index (χ0) is 15.8. The maximum atomic E-state index is 11.5. The van der Waals surface area contributed by atoms with Crippen LogP contribution in [0.25, 0.3) is 0 Å². The van der Waals surface area contributed by atoms with Crippen molar-refractivity contribution < 1.29 is 24.2 Å². The molecule has 9 heteroatoms. The summed E-state index contributed by atoms with van der Waals surface area (Å²) in [5.74, 6) is -1.90. The molecule has 0 saturated carbocycles. The van der Waals surface area contributed by atoms with Gasteiger partial charge in [0.05, 0.1) is 5.69 Å². The van der Waals surface area contributed by atoms with Gasteiger partial charge in [0, 0.05) is 25.4 Å². The van der Waals surface area contributed by atoms with E-state index in [0.717, 1.165) is 17.7 Å². The highest BCUT2D eigenvalue weighted by atomic mass is 16.5. The minimum absolute atomic E-state index is 0.242. The van der Waals surface area contributed by atoms with E-state index in [0.29, 0.717) is 0 Å². The Balaban J connectivity index is 2.33. The van der Waals surface area contributed by atoms with Crippen molar-refractivity contribution in [3.63, 3.8) is 0 Å². The van der Waals surface area contributed by atoms with Crippen LogP contribution in [0.15, 0.2) is 6.20 Å². The van der Waals surface area contributed by atoms with Crippen molar-refractivity contribution >= 4 is 17.9 Å². The van der Waals surface area contributed by atoms with Gasteiger partial charge < -0.3 is 15.2 Å². The normalized spacial score (nSPS) is 10.2. The monoisotopic (exact) mass is 298 g/mol. The second kappa shape index (κ2) is 8.00. The molecule has 0 atom stereocenters. The number of ether oxygens (including phenoxy) is 1. The van der Waals surface area contributed by atoms with Gasteiger partial charge in [-0.1, -0.05) is 6.92 Å². The number of rotatable bonds is 7. The lowest BCUT2D eigenvalue weighted by Crippen LogP contribution is -2.41. The fourth-order valence-corrected chi connectivity index (χ4v) is 1.64. The molecular weight excluding hydrogens is 280 g/mol. The molecule has 0 saturated heterocycles. The van der Waals surface area contributed by atoms with Crippen molar-refractivity contribution in [1.82, 2.24) is 20.4 Å². The van der Waals surface area contributed by atoms with Crippen LogP contribution in [0.5, 0.6) is 0 Å². The average Bonchev–Trinajstić information content (AvgIpc) is 2.76. The number of aliphatic carboxylic acids is 1. The summed E-state index contributed by atoms with van der Waals surface area (Å²) in [6, 6.07) is -0.676. The van der Waals surface area contributed by atoms with E-state index in [4.69, 9.17) is 5.11 Å². The van der Waals surface area contributed by atoms with E-state index < -0.39 is 31.1 Å². The number of urea groups is 1. The lowest BCUT2D eigenvalue weighted by molar-refractivity contribution is -0.143. The van der Waals surface area contributed by atoms with Gasteiger partial charge in [-0.05, 0) is 6.42 Å². The Kier molecular flexibility index (Phi) is 6.34. The summed E-state index contributed by atoms with van der Waals surface area (Å²) >= 11 is 0. The van der Waals surface area contributed by atoms with Gasteiger partial charge in [-0.3, -0.25) is 14.8 Å².